The standard InChI is InChI=1S/C19H12Cl4N4O6/c1-8(2)11-7-16(32-17-12(20)3-9(26(28)29)4-13(17)21)24-25-19(11)33-18-14(22)5-10(27(30)31)6-15(18)23/h3-8H,1-2H3. The molecular weight excluding hydrogens is 522 g/mol. The van der Waals surface area contributed by atoms with Crippen molar-refractivity contribution >= 4 is 57.8 Å². The minimum atomic E-state index is -0.640. The molecule has 33 heavy (non-hydrogen) atoms. The van der Waals surface area contributed by atoms with Crippen LogP contribution in [0.4, 0.5) is 11.4 Å². The van der Waals surface area contributed by atoms with Crippen molar-refractivity contribution in [2.45, 2.75) is 19.8 Å². The van der Waals surface area contributed by atoms with Crippen LogP contribution in [0.15, 0.2) is 30.3 Å². The lowest BCUT2D eigenvalue weighted by atomic mass is 10.1. The van der Waals surface area contributed by atoms with Gasteiger partial charge in [-0.2, -0.15) is 0 Å². The number of nitro groups is 2. The molecule has 0 unspecified atom stereocenters. The van der Waals surface area contributed by atoms with Crippen molar-refractivity contribution in [3.8, 4) is 23.3 Å². The maximum absolute atomic E-state index is 11.0. The van der Waals surface area contributed by atoms with E-state index in [0.717, 1.165) is 24.3 Å². The van der Waals surface area contributed by atoms with Gasteiger partial charge in [0.1, 0.15) is 0 Å². The van der Waals surface area contributed by atoms with E-state index in [2.05, 4.69) is 10.2 Å². The van der Waals surface area contributed by atoms with E-state index >= 15 is 0 Å². The molecule has 0 radical (unpaired) electrons. The molecule has 0 aliphatic heterocycles. The Hall–Kier alpha value is -2.92. The molecule has 10 nitrogen and oxygen atoms in total. The minimum absolute atomic E-state index is 0.00963. The molecule has 0 atom stereocenters. The number of hydrogen-bond donors (Lipinski definition) is 0. The summed E-state index contributed by atoms with van der Waals surface area (Å²) in [5.74, 6) is -0.185. The summed E-state index contributed by atoms with van der Waals surface area (Å²) in [5, 5.41) is 29.5. The Morgan fingerprint density at radius 1 is 0.758 bits per heavy atom. The summed E-state index contributed by atoms with van der Waals surface area (Å²) in [6.45, 7) is 3.69. The van der Waals surface area contributed by atoms with Gasteiger partial charge < -0.3 is 9.47 Å². The molecule has 0 amide bonds. The van der Waals surface area contributed by atoms with Crippen molar-refractivity contribution in [3.05, 3.63) is 76.2 Å². The Labute approximate surface area is 206 Å². The molecule has 2 aromatic carbocycles. The van der Waals surface area contributed by atoms with Crippen molar-refractivity contribution in [1.82, 2.24) is 10.2 Å². The quantitative estimate of drug-likeness (QED) is 0.224. The Morgan fingerprint density at radius 2 is 1.18 bits per heavy atom. The lowest BCUT2D eigenvalue weighted by Gasteiger charge is -2.15. The van der Waals surface area contributed by atoms with Crippen LogP contribution in [-0.4, -0.2) is 20.0 Å². The number of benzene rings is 2. The molecular formula is C19H12Cl4N4O6. The van der Waals surface area contributed by atoms with Gasteiger partial charge in [0.25, 0.3) is 11.4 Å². The highest BCUT2D eigenvalue weighted by Crippen LogP contribution is 2.42. The third-order valence-electron chi connectivity index (χ3n) is 4.18. The van der Waals surface area contributed by atoms with Gasteiger partial charge in [0.2, 0.25) is 11.8 Å². The largest absolute Gasteiger partial charge is 0.434 e. The molecule has 0 aliphatic rings. The van der Waals surface area contributed by atoms with Crippen LogP contribution in [0.5, 0.6) is 23.3 Å². The fourth-order valence-electron chi connectivity index (χ4n) is 2.62. The summed E-state index contributed by atoms with van der Waals surface area (Å²) in [4.78, 5) is 20.6. The number of nitro benzene ring substituents is 2. The number of halogens is 4. The van der Waals surface area contributed by atoms with Crippen LogP contribution in [-0.2, 0) is 0 Å². The molecule has 0 N–H and O–H groups in total. The van der Waals surface area contributed by atoms with E-state index in [1.807, 2.05) is 13.8 Å². The number of rotatable bonds is 7. The van der Waals surface area contributed by atoms with E-state index in [9.17, 15) is 20.2 Å². The van der Waals surface area contributed by atoms with Crippen LogP contribution in [0.3, 0.4) is 0 Å². The monoisotopic (exact) mass is 532 g/mol. The number of nitrogens with zero attached hydrogens (tertiary/aromatic N) is 4. The van der Waals surface area contributed by atoms with Gasteiger partial charge in [-0.15, -0.1) is 10.2 Å². The number of hydrogen-bond acceptors (Lipinski definition) is 8. The second kappa shape index (κ2) is 9.92. The third-order valence-corrected chi connectivity index (χ3v) is 5.30. The molecule has 0 fully saturated rings. The van der Waals surface area contributed by atoms with Crippen LogP contribution in [0.1, 0.15) is 25.3 Å². The second-order valence-corrected chi connectivity index (χ2v) is 8.42. The van der Waals surface area contributed by atoms with Crippen LogP contribution < -0.4 is 9.47 Å². The van der Waals surface area contributed by atoms with Crippen molar-refractivity contribution in [2.75, 3.05) is 0 Å². The summed E-state index contributed by atoms with van der Waals surface area (Å²) in [6.07, 6.45) is 0. The van der Waals surface area contributed by atoms with Gasteiger partial charge in [0.05, 0.1) is 29.9 Å². The zero-order valence-electron chi connectivity index (χ0n) is 16.7. The van der Waals surface area contributed by atoms with E-state index in [1.54, 1.807) is 0 Å². The van der Waals surface area contributed by atoms with Crippen LogP contribution in [0, 0.1) is 20.2 Å². The SMILES string of the molecule is CC(C)c1cc(Oc2c(Cl)cc([N+](=O)[O-])cc2Cl)nnc1Oc1c(Cl)cc([N+](=O)[O-])cc1Cl. The topological polar surface area (TPSA) is 131 Å². The Balaban J connectivity index is 1.96. The normalized spacial score (nSPS) is 10.9. The number of non-ortho nitro benzene ring substituents is 2. The van der Waals surface area contributed by atoms with Crippen LogP contribution in [0.25, 0.3) is 0 Å². The molecule has 0 bridgehead atoms. The number of aromatic nitrogens is 2. The molecule has 3 rings (SSSR count). The van der Waals surface area contributed by atoms with Gasteiger partial charge in [-0.3, -0.25) is 20.2 Å². The average Bonchev–Trinajstić information content (AvgIpc) is 2.73. The zero-order valence-corrected chi connectivity index (χ0v) is 19.7. The van der Waals surface area contributed by atoms with Crippen LogP contribution >= 0.6 is 46.4 Å². The van der Waals surface area contributed by atoms with E-state index < -0.39 is 9.85 Å². The first kappa shape index (κ1) is 24.7. The van der Waals surface area contributed by atoms with E-state index in [0.29, 0.717) is 5.56 Å². The summed E-state index contributed by atoms with van der Waals surface area (Å²) < 4.78 is 11.3. The van der Waals surface area contributed by atoms with E-state index in [-0.39, 0.29) is 60.6 Å². The first-order valence-corrected chi connectivity index (χ1v) is 10.5. The summed E-state index contributed by atoms with van der Waals surface area (Å²) >= 11 is 24.4. The Kier molecular flexibility index (Phi) is 7.43. The van der Waals surface area contributed by atoms with Gasteiger partial charge in [-0.05, 0) is 5.92 Å². The molecule has 14 heteroatoms. The summed E-state index contributed by atoms with van der Waals surface area (Å²) in [7, 11) is 0. The van der Waals surface area contributed by atoms with Gasteiger partial charge in [-0.25, -0.2) is 0 Å². The highest BCUT2D eigenvalue weighted by Gasteiger charge is 2.22. The fraction of sp³-hybridized carbons (Fsp3) is 0.158. The second-order valence-electron chi connectivity index (χ2n) is 6.79. The Morgan fingerprint density at radius 3 is 1.58 bits per heavy atom. The zero-order chi connectivity index (χ0) is 24.4. The highest BCUT2D eigenvalue weighted by molar-refractivity contribution is 6.38. The average molecular weight is 534 g/mol. The first-order valence-electron chi connectivity index (χ1n) is 8.98. The molecule has 1 heterocycles. The Bertz CT molecular complexity index is 1230. The van der Waals surface area contributed by atoms with Crippen LogP contribution in [0.2, 0.25) is 20.1 Å². The van der Waals surface area contributed by atoms with Gasteiger partial charge in [0, 0.05) is 35.9 Å². The van der Waals surface area contributed by atoms with Gasteiger partial charge >= 0.3 is 0 Å². The van der Waals surface area contributed by atoms with Crippen molar-refractivity contribution in [3.63, 3.8) is 0 Å². The molecule has 1 aromatic heterocycles. The minimum Gasteiger partial charge on any atom is -0.434 e. The third kappa shape index (κ3) is 5.53. The lowest BCUT2D eigenvalue weighted by molar-refractivity contribution is -0.385. The molecule has 172 valence electrons. The first-order chi connectivity index (χ1) is 15.5. The highest BCUT2D eigenvalue weighted by atomic mass is 35.5. The van der Waals surface area contributed by atoms with E-state index in [4.69, 9.17) is 55.9 Å². The van der Waals surface area contributed by atoms with Gasteiger partial charge in [0.15, 0.2) is 11.5 Å². The maximum Gasteiger partial charge on any atom is 0.272 e. The molecule has 0 saturated carbocycles. The van der Waals surface area contributed by atoms with Crippen molar-refractivity contribution in [1.29, 1.82) is 0 Å². The predicted octanol–water partition coefficient (Wildman–Crippen LogP) is 7.61. The maximum atomic E-state index is 11.0. The summed E-state index contributed by atoms with van der Waals surface area (Å²) in [5.41, 5.74) is -0.0698. The predicted molar refractivity (Wildman–Crippen MR) is 123 cm³/mol. The smallest absolute Gasteiger partial charge is 0.272 e. The van der Waals surface area contributed by atoms with Crippen molar-refractivity contribution < 1.29 is 19.3 Å². The fourth-order valence-corrected chi connectivity index (χ4v) is 3.72. The molecule has 0 saturated heterocycles. The van der Waals surface area contributed by atoms with E-state index in [1.165, 1.54) is 6.07 Å². The number of ether oxygens (including phenoxy) is 2. The molecule has 0 spiro atoms. The lowest BCUT2D eigenvalue weighted by Crippen LogP contribution is -2.02. The molecule has 0 aliphatic carbocycles. The van der Waals surface area contributed by atoms with Crippen molar-refractivity contribution in [2.24, 2.45) is 0 Å². The molecule has 3 aromatic rings. The summed E-state index contributed by atoms with van der Waals surface area (Å²) in [6, 6.07) is 5.89. The van der Waals surface area contributed by atoms with Gasteiger partial charge in [-0.1, -0.05) is 60.3 Å².